The first kappa shape index (κ1) is 5.04. The summed E-state index contributed by atoms with van der Waals surface area (Å²) in [4.78, 5) is 2.56. The fourth-order valence-corrected chi connectivity index (χ4v) is 0.590. The van der Waals surface area contributed by atoms with Gasteiger partial charge in [-0.3, -0.25) is 0 Å². The van der Waals surface area contributed by atoms with Crippen molar-refractivity contribution in [2.24, 2.45) is 5.11 Å². The van der Waals surface area contributed by atoms with Crippen LogP contribution in [-0.2, 0) is 0 Å². The average molecular weight is 151 g/mol. The van der Waals surface area contributed by atoms with E-state index >= 15 is 0 Å². The summed E-state index contributed by atoms with van der Waals surface area (Å²) >= 11 is 0. The lowest BCUT2D eigenvalue weighted by Crippen LogP contribution is -1.79. The molecule has 0 aliphatic rings. The summed E-state index contributed by atoms with van der Waals surface area (Å²) in [5, 5.41) is 3.29. The van der Waals surface area contributed by atoms with Gasteiger partial charge in [-0.2, -0.15) is 0 Å². The van der Waals surface area contributed by atoms with Gasteiger partial charge in [-0.05, 0) is 29.7 Å². The zero-order chi connectivity index (χ0) is 9.84. The number of benzene rings is 1. The standard InChI is InChI=1S/C7H7N3O/c1-11-7-4-2-6(3-5-7)9-10-8/h2-5H,1H3/i4D,5D. The summed E-state index contributed by atoms with van der Waals surface area (Å²) in [5.74, 6) is 0.178. The van der Waals surface area contributed by atoms with Gasteiger partial charge in [-0.15, -0.1) is 0 Å². The van der Waals surface area contributed by atoms with Crippen LogP contribution in [0.2, 0.25) is 0 Å². The van der Waals surface area contributed by atoms with E-state index in [1.54, 1.807) is 0 Å². The number of methoxy groups -OCH3 is 1. The van der Waals surface area contributed by atoms with Gasteiger partial charge in [0.1, 0.15) is 5.75 Å². The molecule has 4 nitrogen and oxygen atoms in total. The minimum Gasteiger partial charge on any atom is -0.497 e. The molecule has 0 saturated carbocycles. The minimum absolute atomic E-state index is 0.0393. The third-order valence-corrected chi connectivity index (χ3v) is 1.07. The number of nitrogens with zero attached hydrogens (tertiary/aromatic N) is 3. The Kier molecular flexibility index (Phi) is 1.60. The predicted molar refractivity (Wildman–Crippen MR) is 41.8 cm³/mol. The Labute approximate surface area is 66.9 Å². The van der Waals surface area contributed by atoms with Crippen LogP contribution in [-0.4, -0.2) is 7.11 Å². The van der Waals surface area contributed by atoms with E-state index in [9.17, 15) is 0 Å². The lowest BCUT2D eigenvalue weighted by atomic mass is 10.3. The second kappa shape index (κ2) is 3.49. The average Bonchev–Trinajstić information content (AvgIpc) is 2.04. The molecule has 0 saturated heterocycles. The van der Waals surface area contributed by atoms with Crippen LogP contribution in [0.15, 0.2) is 29.3 Å². The molecule has 1 rings (SSSR count). The van der Waals surface area contributed by atoms with Gasteiger partial charge in [0.2, 0.25) is 0 Å². The van der Waals surface area contributed by atoms with Crippen LogP contribution in [0.4, 0.5) is 5.69 Å². The molecule has 0 atom stereocenters. The fourth-order valence-electron chi connectivity index (χ4n) is 0.590. The van der Waals surface area contributed by atoms with E-state index in [1.807, 2.05) is 0 Å². The molecule has 0 fully saturated rings. The molecular weight excluding hydrogens is 142 g/mol. The zero-order valence-electron chi connectivity index (χ0n) is 7.90. The van der Waals surface area contributed by atoms with E-state index < -0.39 is 0 Å². The van der Waals surface area contributed by atoms with Gasteiger partial charge in [0.15, 0.2) is 0 Å². The third-order valence-electron chi connectivity index (χ3n) is 1.07. The molecule has 0 unspecified atom stereocenters. The van der Waals surface area contributed by atoms with Gasteiger partial charge >= 0.3 is 0 Å². The summed E-state index contributed by atoms with van der Waals surface area (Å²) < 4.78 is 19.6. The topological polar surface area (TPSA) is 58.0 Å². The minimum atomic E-state index is 0.0393. The van der Waals surface area contributed by atoms with E-state index in [2.05, 4.69) is 10.0 Å². The number of ether oxygens (including phenoxy) is 1. The zero-order valence-corrected chi connectivity index (χ0v) is 5.90. The van der Waals surface area contributed by atoms with Crippen molar-refractivity contribution in [3.05, 3.63) is 34.7 Å². The van der Waals surface area contributed by atoms with Crippen LogP contribution in [0.5, 0.6) is 5.75 Å². The number of rotatable bonds is 2. The van der Waals surface area contributed by atoms with Crippen LogP contribution < -0.4 is 4.74 Å². The highest BCUT2D eigenvalue weighted by atomic mass is 16.5. The van der Waals surface area contributed by atoms with Crippen molar-refractivity contribution in [3.63, 3.8) is 0 Å². The summed E-state index contributed by atoms with van der Waals surface area (Å²) in [6.07, 6.45) is 0. The van der Waals surface area contributed by atoms with Gasteiger partial charge in [-0.1, -0.05) is 5.11 Å². The molecule has 11 heavy (non-hydrogen) atoms. The molecule has 0 spiro atoms. The van der Waals surface area contributed by atoms with Crippen LogP contribution in [0.25, 0.3) is 10.4 Å². The van der Waals surface area contributed by atoms with E-state index in [0.29, 0.717) is 0 Å². The first-order valence-corrected chi connectivity index (χ1v) is 2.89. The Balaban J connectivity index is 3.27. The van der Waals surface area contributed by atoms with E-state index in [1.165, 1.54) is 19.2 Å². The molecule has 56 valence electrons. The maximum atomic E-state index is 8.13. The molecule has 0 heterocycles. The first-order valence-electron chi connectivity index (χ1n) is 3.89. The molecule has 4 heteroatoms. The number of hydrogen-bond acceptors (Lipinski definition) is 2. The maximum Gasteiger partial charge on any atom is 0.118 e. The van der Waals surface area contributed by atoms with Gasteiger partial charge in [0.25, 0.3) is 0 Å². The fraction of sp³-hybridized carbons (Fsp3) is 0.143. The van der Waals surface area contributed by atoms with Crippen LogP contribution in [0.3, 0.4) is 0 Å². The predicted octanol–water partition coefficient (Wildman–Crippen LogP) is 2.64. The normalized spacial score (nSPS) is 11.0. The number of azide groups is 1. The van der Waals surface area contributed by atoms with Crippen LogP contribution >= 0.6 is 0 Å². The van der Waals surface area contributed by atoms with Crippen molar-refractivity contribution < 1.29 is 7.48 Å². The smallest absolute Gasteiger partial charge is 0.118 e. The van der Waals surface area contributed by atoms with Crippen molar-refractivity contribution in [2.75, 3.05) is 7.11 Å². The van der Waals surface area contributed by atoms with Crippen molar-refractivity contribution in [2.45, 2.75) is 0 Å². The monoisotopic (exact) mass is 151 g/mol. The Morgan fingerprint density at radius 3 is 2.73 bits per heavy atom. The van der Waals surface area contributed by atoms with E-state index in [0.717, 1.165) is 0 Å². The third kappa shape index (κ3) is 1.88. The first-order chi connectivity index (χ1) is 6.19. The molecule has 0 aromatic heterocycles. The maximum absolute atomic E-state index is 8.13. The Hall–Kier alpha value is -1.67. The molecule has 0 amide bonds. The van der Waals surface area contributed by atoms with Crippen LogP contribution in [0, 0.1) is 0 Å². The molecule has 1 aromatic rings. The largest absolute Gasteiger partial charge is 0.497 e. The Bertz CT molecular complexity index is 351. The van der Waals surface area contributed by atoms with Crippen LogP contribution in [0.1, 0.15) is 2.74 Å². The summed E-state index contributed by atoms with van der Waals surface area (Å²) in [7, 11) is 1.39. The number of hydrogen-bond donors (Lipinski definition) is 0. The molecule has 0 aliphatic heterocycles. The highest BCUT2D eigenvalue weighted by Crippen LogP contribution is 2.17. The molecular formula is C7H7N3O. The summed E-state index contributed by atoms with van der Waals surface area (Å²) in [6.45, 7) is 0. The molecule has 0 bridgehead atoms. The van der Waals surface area contributed by atoms with Gasteiger partial charge in [0, 0.05) is 10.6 Å². The van der Waals surface area contributed by atoms with Crippen molar-refractivity contribution in [3.8, 4) is 5.75 Å². The molecule has 1 aromatic carbocycles. The Morgan fingerprint density at radius 2 is 2.27 bits per heavy atom. The van der Waals surface area contributed by atoms with Crippen molar-refractivity contribution in [1.82, 2.24) is 0 Å². The molecule has 0 radical (unpaired) electrons. The lowest BCUT2D eigenvalue weighted by Gasteiger charge is -1.97. The SMILES string of the molecule is [2H]c1cc(N=[N+]=[N-])cc([2H])c1OC. The lowest BCUT2D eigenvalue weighted by molar-refractivity contribution is 0.415. The molecule has 0 aliphatic carbocycles. The van der Waals surface area contributed by atoms with Gasteiger partial charge < -0.3 is 4.74 Å². The highest BCUT2D eigenvalue weighted by molar-refractivity contribution is 5.40. The summed E-state index contributed by atoms with van der Waals surface area (Å²) in [5.41, 5.74) is 8.38. The highest BCUT2D eigenvalue weighted by Gasteiger charge is 1.88. The van der Waals surface area contributed by atoms with E-state index in [4.69, 9.17) is 13.0 Å². The second-order valence-electron chi connectivity index (χ2n) is 1.72. The molecule has 0 N–H and O–H groups in total. The Morgan fingerprint density at radius 1 is 1.64 bits per heavy atom. The van der Waals surface area contributed by atoms with Gasteiger partial charge in [-0.25, -0.2) is 0 Å². The second-order valence-corrected chi connectivity index (χ2v) is 1.72. The van der Waals surface area contributed by atoms with E-state index in [-0.39, 0.29) is 23.5 Å². The van der Waals surface area contributed by atoms with Gasteiger partial charge in [0.05, 0.1) is 9.85 Å². The van der Waals surface area contributed by atoms with Crippen molar-refractivity contribution in [1.29, 1.82) is 0 Å². The summed E-state index contributed by atoms with van der Waals surface area (Å²) in [6, 6.07) is 2.77. The quantitative estimate of drug-likeness (QED) is 0.364. The van der Waals surface area contributed by atoms with Crippen molar-refractivity contribution >= 4 is 5.69 Å².